The number of hydrogen-bond donors (Lipinski definition) is 1. The van der Waals surface area contributed by atoms with E-state index in [1.165, 1.54) is 0 Å². The number of benzene rings is 1. The molecule has 0 spiro atoms. The number of rotatable bonds is 2. The summed E-state index contributed by atoms with van der Waals surface area (Å²) >= 11 is 0. The molecular weight excluding hydrogens is 142 g/mol. The quantitative estimate of drug-likeness (QED) is 0.639. The van der Waals surface area contributed by atoms with Crippen molar-refractivity contribution in [2.75, 3.05) is 0 Å². The van der Waals surface area contributed by atoms with E-state index in [1.807, 2.05) is 0 Å². The van der Waals surface area contributed by atoms with Crippen molar-refractivity contribution in [1.82, 2.24) is 0 Å². The summed E-state index contributed by atoms with van der Waals surface area (Å²) in [5.74, 6) is 0.457. The van der Waals surface area contributed by atoms with Crippen LogP contribution in [0.5, 0.6) is 5.75 Å². The molecule has 3 heteroatoms. The average Bonchev–Trinajstić information content (AvgIpc) is 2.06. The van der Waals surface area contributed by atoms with Crippen LogP contribution in [0.4, 0.5) is 0 Å². The smallest absolute Gasteiger partial charge is 0.292 e. The molecule has 0 radical (unpaired) electrons. The highest BCUT2D eigenvalue weighted by atomic mass is 16.5. The number of hydrogen-bond acceptors (Lipinski definition) is 3. The molecule has 0 saturated carbocycles. The second kappa shape index (κ2) is 3.59. The molecule has 11 heavy (non-hydrogen) atoms. The molecule has 0 saturated heterocycles. The van der Waals surface area contributed by atoms with Crippen LogP contribution < -0.4 is 4.74 Å². The summed E-state index contributed by atoms with van der Waals surface area (Å²) in [5.41, 5.74) is 0.734. The summed E-state index contributed by atoms with van der Waals surface area (Å²) in [6, 6.07) is 6.74. The molecule has 0 bridgehead atoms. The van der Waals surface area contributed by atoms with E-state index in [4.69, 9.17) is 10.4 Å². The lowest BCUT2D eigenvalue weighted by Gasteiger charge is -1.97. The first-order valence-electron chi connectivity index (χ1n) is 3.12. The summed E-state index contributed by atoms with van der Waals surface area (Å²) < 4.78 is 4.54. The van der Waals surface area contributed by atoms with Gasteiger partial charge in [0.2, 0.25) is 0 Å². The Bertz CT molecular complexity index is 278. The molecule has 0 amide bonds. The van der Waals surface area contributed by atoms with E-state index < -0.39 is 0 Å². The van der Waals surface area contributed by atoms with Crippen molar-refractivity contribution in [3.05, 3.63) is 29.8 Å². The van der Waals surface area contributed by atoms with Gasteiger partial charge in [0.1, 0.15) is 5.75 Å². The first-order valence-corrected chi connectivity index (χ1v) is 3.12. The highest BCUT2D eigenvalue weighted by Crippen LogP contribution is 2.12. The first kappa shape index (κ1) is 7.58. The zero-order chi connectivity index (χ0) is 8.10. The van der Waals surface area contributed by atoms with Crippen LogP contribution in [0.3, 0.4) is 0 Å². The number of nitriles is 1. The van der Waals surface area contributed by atoms with Gasteiger partial charge < -0.3 is 9.84 Å². The topological polar surface area (TPSA) is 53.2 Å². The lowest BCUT2D eigenvalue weighted by molar-refractivity contribution is 0.281. The molecule has 0 aromatic heterocycles. The third-order valence-corrected chi connectivity index (χ3v) is 1.24. The van der Waals surface area contributed by atoms with Gasteiger partial charge in [-0.15, -0.1) is 5.26 Å². The second-order valence-electron chi connectivity index (χ2n) is 2.00. The van der Waals surface area contributed by atoms with Crippen LogP contribution in [0.15, 0.2) is 24.3 Å². The Balaban J connectivity index is 2.84. The van der Waals surface area contributed by atoms with Gasteiger partial charge in [0, 0.05) is 0 Å². The van der Waals surface area contributed by atoms with E-state index in [0.29, 0.717) is 5.75 Å². The van der Waals surface area contributed by atoms with Crippen LogP contribution in [0.25, 0.3) is 0 Å². The molecule has 1 aromatic rings. The molecular formula is C8H7NO2. The maximum absolute atomic E-state index is 8.69. The fraction of sp³-hybridized carbons (Fsp3) is 0.125. The van der Waals surface area contributed by atoms with Gasteiger partial charge in [0.25, 0.3) is 6.26 Å². The zero-order valence-corrected chi connectivity index (χ0v) is 5.82. The van der Waals surface area contributed by atoms with Gasteiger partial charge in [0.15, 0.2) is 0 Å². The zero-order valence-electron chi connectivity index (χ0n) is 5.82. The van der Waals surface area contributed by atoms with Crippen LogP contribution in [-0.2, 0) is 6.61 Å². The standard InChI is InChI=1S/C8H7NO2/c9-6-11-8-3-1-2-7(4-8)5-10/h1-4,10H,5H2. The fourth-order valence-corrected chi connectivity index (χ4v) is 0.760. The summed E-state index contributed by atoms with van der Waals surface area (Å²) in [6.45, 7) is -0.0391. The van der Waals surface area contributed by atoms with Gasteiger partial charge in [-0.05, 0) is 17.7 Å². The highest BCUT2D eigenvalue weighted by Gasteiger charge is 1.93. The van der Waals surface area contributed by atoms with E-state index in [-0.39, 0.29) is 6.61 Å². The molecule has 56 valence electrons. The summed E-state index contributed by atoms with van der Waals surface area (Å²) in [7, 11) is 0. The summed E-state index contributed by atoms with van der Waals surface area (Å²) in [6.07, 6.45) is 1.55. The lowest BCUT2D eigenvalue weighted by atomic mass is 10.2. The Labute approximate surface area is 64.5 Å². The SMILES string of the molecule is N#COc1cccc(CO)c1. The number of ether oxygens (including phenoxy) is 1. The lowest BCUT2D eigenvalue weighted by Crippen LogP contribution is -1.85. The van der Waals surface area contributed by atoms with E-state index >= 15 is 0 Å². The van der Waals surface area contributed by atoms with Crippen molar-refractivity contribution in [3.8, 4) is 12.0 Å². The molecule has 0 heterocycles. The molecule has 0 unspecified atom stereocenters. The minimum Gasteiger partial charge on any atom is -0.392 e. The average molecular weight is 149 g/mol. The highest BCUT2D eigenvalue weighted by molar-refractivity contribution is 5.28. The molecule has 1 N–H and O–H groups in total. The monoisotopic (exact) mass is 149 g/mol. The van der Waals surface area contributed by atoms with Gasteiger partial charge in [-0.3, -0.25) is 0 Å². The molecule has 0 aliphatic carbocycles. The van der Waals surface area contributed by atoms with Crippen LogP contribution in [0.1, 0.15) is 5.56 Å². The molecule has 1 rings (SSSR count). The Morgan fingerprint density at radius 1 is 1.55 bits per heavy atom. The van der Waals surface area contributed by atoms with E-state index in [0.717, 1.165) is 5.56 Å². The molecule has 0 aliphatic heterocycles. The summed E-state index contributed by atoms with van der Waals surface area (Å²) in [5, 5.41) is 16.8. The largest absolute Gasteiger partial charge is 0.392 e. The van der Waals surface area contributed by atoms with Gasteiger partial charge >= 0.3 is 0 Å². The normalized spacial score (nSPS) is 8.73. The van der Waals surface area contributed by atoms with E-state index in [1.54, 1.807) is 30.5 Å². The summed E-state index contributed by atoms with van der Waals surface area (Å²) in [4.78, 5) is 0. The fourth-order valence-electron chi connectivity index (χ4n) is 0.760. The minimum atomic E-state index is -0.0391. The van der Waals surface area contributed by atoms with Crippen LogP contribution in [0, 0.1) is 11.5 Å². The Morgan fingerprint density at radius 3 is 3.00 bits per heavy atom. The number of aliphatic hydroxyl groups excluding tert-OH is 1. The maximum atomic E-state index is 8.69. The number of aliphatic hydroxyl groups is 1. The van der Waals surface area contributed by atoms with Gasteiger partial charge in [-0.1, -0.05) is 12.1 Å². The molecule has 1 aromatic carbocycles. The molecule has 0 atom stereocenters. The Hall–Kier alpha value is -1.53. The predicted molar refractivity (Wildman–Crippen MR) is 38.6 cm³/mol. The maximum Gasteiger partial charge on any atom is 0.292 e. The van der Waals surface area contributed by atoms with Crippen molar-refractivity contribution < 1.29 is 9.84 Å². The second-order valence-corrected chi connectivity index (χ2v) is 2.00. The van der Waals surface area contributed by atoms with Gasteiger partial charge in [-0.2, -0.15) is 0 Å². The van der Waals surface area contributed by atoms with Crippen LogP contribution in [-0.4, -0.2) is 5.11 Å². The third-order valence-electron chi connectivity index (χ3n) is 1.24. The molecule has 0 fully saturated rings. The van der Waals surface area contributed by atoms with E-state index in [9.17, 15) is 0 Å². The Morgan fingerprint density at radius 2 is 2.36 bits per heavy atom. The first-order chi connectivity index (χ1) is 5.36. The molecule has 3 nitrogen and oxygen atoms in total. The third kappa shape index (κ3) is 1.95. The van der Waals surface area contributed by atoms with Crippen molar-refractivity contribution in [2.45, 2.75) is 6.61 Å². The van der Waals surface area contributed by atoms with Gasteiger partial charge in [-0.25, -0.2) is 0 Å². The Kier molecular flexibility index (Phi) is 2.47. The van der Waals surface area contributed by atoms with E-state index in [2.05, 4.69) is 4.74 Å². The van der Waals surface area contributed by atoms with Crippen LogP contribution in [0.2, 0.25) is 0 Å². The minimum absolute atomic E-state index is 0.0391. The van der Waals surface area contributed by atoms with Crippen molar-refractivity contribution in [2.24, 2.45) is 0 Å². The molecule has 0 aliphatic rings. The van der Waals surface area contributed by atoms with Crippen molar-refractivity contribution in [1.29, 1.82) is 5.26 Å². The van der Waals surface area contributed by atoms with Crippen LogP contribution >= 0.6 is 0 Å². The van der Waals surface area contributed by atoms with Crippen molar-refractivity contribution >= 4 is 0 Å². The number of nitrogens with zero attached hydrogens (tertiary/aromatic N) is 1. The van der Waals surface area contributed by atoms with Gasteiger partial charge in [0.05, 0.1) is 6.61 Å². The van der Waals surface area contributed by atoms with Crippen molar-refractivity contribution in [3.63, 3.8) is 0 Å². The predicted octanol–water partition coefficient (Wildman–Crippen LogP) is 1.04.